The fraction of sp³-hybridized carbons (Fsp3) is 0.188. The molecule has 0 saturated heterocycles. The number of hydrogen-bond acceptors (Lipinski definition) is 6. The summed E-state index contributed by atoms with van der Waals surface area (Å²) < 4.78 is 0. The first kappa shape index (κ1) is 19.7. The first-order chi connectivity index (χ1) is 12.3. The fourth-order valence-electron chi connectivity index (χ4n) is 2.35. The Morgan fingerprint density at radius 2 is 1.96 bits per heavy atom. The monoisotopic (exact) mass is 378 g/mol. The molecule has 1 aromatic heterocycles. The second-order valence-electron chi connectivity index (χ2n) is 5.58. The van der Waals surface area contributed by atoms with E-state index < -0.39 is 30.7 Å². The number of aromatic hydroxyl groups is 1. The van der Waals surface area contributed by atoms with Crippen molar-refractivity contribution in [2.45, 2.75) is 18.8 Å². The quantitative estimate of drug-likeness (QED) is 0.347. The van der Waals surface area contributed by atoms with Crippen LogP contribution in [0.3, 0.4) is 0 Å². The van der Waals surface area contributed by atoms with Gasteiger partial charge in [0.2, 0.25) is 5.91 Å². The minimum absolute atomic E-state index is 0.0610. The van der Waals surface area contributed by atoms with Crippen LogP contribution >= 0.6 is 11.6 Å². The average molecular weight is 379 g/mol. The predicted octanol–water partition coefficient (Wildman–Crippen LogP) is 0.421. The largest absolute Gasteiger partial charge is 0.507 e. The minimum atomic E-state index is -1.91. The third-order valence-corrected chi connectivity index (χ3v) is 3.87. The molecule has 0 aliphatic rings. The number of carbonyl (C=O) groups excluding carboxylic acids is 1. The molecule has 5 N–H and O–H groups in total. The highest BCUT2D eigenvalue weighted by Gasteiger charge is 2.27. The van der Waals surface area contributed by atoms with E-state index in [1.54, 1.807) is 6.07 Å². The fourth-order valence-corrected chi connectivity index (χ4v) is 2.46. The van der Waals surface area contributed by atoms with Crippen molar-refractivity contribution in [1.29, 1.82) is 0 Å². The van der Waals surface area contributed by atoms with Gasteiger partial charge in [-0.2, -0.15) is 0 Å². The molecule has 0 aliphatic heterocycles. The zero-order chi connectivity index (χ0) is 19.3. The van der Waals surface area contributed by atoms with Crippen LogP contribution in [0.4, 0.5) is 0 Å². The number of carboxylic acids is 1. The highest BCUT2D eigenvalue weighted by molar-refractivity contribution is 6.43. The number of nitrogens with zero attached hydrogens (tertiary/aromatic N) is 1. The lowest BCUT2D eigenvalue weighted by atomic mass is 9.75. The molecule has 0 saturated carbocycles. The number of pyridine rings is 1. The van der Waals surface area contributed by atoms with Crippen molar-refractivity contribution < 1.29 is 29.9 Å². The van der Waals surface area contributed by atoms with Gasteiger partial charge in [-0.1, -0.05) is 29.8 Å². The van der Waals surface area contributed by atoms with Crippen LogP contribution in [-0.4, -0.2) is 50.2 Å². The number of amides is 1. The number of benzene rings is 1. The molecule has 136 valence electrons. The van der Waals surface area contributed by atoms with Gasteiger partial charge in [-0.05, 0) is 29.7 Å². The second kappa shape index (κ2) is 8.66. The summed E-state index contributed by atoms with van der Waals surface area (Å²) in [6, 6.07) is 7.21. The van der Waals surface area contributed by atoms with Crippen molar-refractivity contribution >= 4 is 30.6 Å². The highest BCUT2D eigenvalue weighted by Crippen LogP contribution is 2.24. The van der Waals surface area contributed by atoms with E-state index >= 15 is 0 Å². The summed E-state index contributed by atoms with van der Waals surface area (Å²) in [6.07, 6.45) is 1.19. The number of phenols is 1. The average Bonchev–Trinajstić information content (AvgIpc) is 2.57. The van der Waals surface area contributed by atoms with E-state index in [-0.39, 0.29) is 29.1 Å². The van der Waals surface area contributed by atoms with E-state index in [1.165, 1.54) is 30.5 Å². The molecule has 1 heterocycles. The van der Waals surface area contributed by atoms with Gasteiger partial charge in [0, 0.05) is 6.20 Å². The van der Waals surface area contributed by atoms with Gasteiger partial charge in [0.1, 0.15) is 16.5 Å². The molecule has 0 fully saturated rings. The number of aromatic nitrogens is 1. The number of para-hydroxylation sites is 1. The molecular formula is C16H16BClN2O6. The van der Waals surface area contributed by atoms with Crippen LogP contribution in [0.5, 0.6) is 5.75 Å². The summed E-state index contributed by atoms with van der Waals surface area (Å²) in [5.74, 6) is -3.44. The van der Waals surface area contributed by atoms with Crippen LogP contribution in [0, 0.1) is 0 Å². The van der Waals surface area contributed by atoms with E-state index in [9.17, 15) is 24.7 Å². The standard InChI is InChI=1S/C16H16BClN2O6/c18-13-5-4-9(8-19-13)6-14(21)20-12(17(25)26)7-10-2-1-3-11(15(10)22)16(23)24/h1-5,8,12,22,25-26H,6-7H2,(H,20,21)(H,23,24)/t12-/m0/s1. The Hall–Kier alpha value is -2.62. The molecule has 0 radical (unpaired) electrons. The minimum Gasteiger partial charge on any atom is -0.507 e. The van der Waals surface area contributed by atoms with Crippen molar-refractivity contribution in [2.75, 3.05) is 0 Å². The molecule has 0 bridgehead atoms. The van der Waals surface area contributed by atoms with Gasteiger partial charge >= 0.3 is 13.1 Å². The Morgan fingerprint density at radius 1 is 1.23 bits per heavy atom. The maximum atomic E-state index is 12.1. The van der Waals surface area contributed by atoms with Crippen molar-refractivity contribution in [3.8, 4) is 5.75 Å². The predicted molar refractivity (Wildman–Crippen MR) is 93.8 cm³/mol. The molecule has 2 rings (SSSR count). The summed E-state index contributed by atoms with van der Waals surface area (Å²) in [7, 11) is -1.91. The summed E-state index contributed by atoms with van der Waals surface area (Å²) in [5, 5.41) is 40.8. The van der Waals surface area contributed by atoms with Crippen LogP contribution < -0.4 is 5.32 Å². The van der Waals surface area contributed by atoms with Gasteiger partial charge in [-0.25, -0.2) is 9.78 Å². The maximum Gasteiger partial charge on any atom is 0.475 e. The van der Waals surface area contributed by atoms with E-state index in [0.29, 0.717) is 5.56 Å². The Kier molecular flexibility index (Phi) is 6.56. The number of nitrogens with one attached hydrogen (secondary N) is 1. The molecule has 1 amide bonds. The Bertz CT molecular complexity index is 800. The van der Waals surface area contributed by atoms with Crippen LogP contribution in [-0.2, 0) is 17.6 Å². The van der Waals surface area contributed by atoms with E-state index in [4.69, 9.17) is 16.7 Å². The summed E-state index contributed by atoms with van der Waals surface area (Å²) in [4.78, 5) is 27.0. The first-order valence-electron chi connectivity index (χ1n) is 7.58. The van der Waals surface area contributed by atoms with Crippen molar-refractivity contribution in [3.05, 3.63) is 58.4 Å². The molecule has 0 aliphatic carbocycles. The zero-order valence-electron chi connectivity index (χ0n) is 13.5. The molecule has 26 heavy (non-hydrogen) atoms. The molecule has 2 aromatic rings. The highest BCUT2D eigenvalue weighted by atomic mass is 35.5. The second-order valence-corrected chi connectivity index (χ2v) is 5.96. The number of halogens is 1. The van der Waals surface area contributed by atoms with Gasteiger partial charge in [0.15, 0.2) is 0 Å². The molecule has 1 aromatic carbocycles. The van der Waals surface area contributed by atoms with Crippen LogP contribution in [0.2, 0.25) is 5.15 Å². The molecule has 10 heteroatoms. The summed E-state index contributed by atoms with van der Waals surface area (Å²) in [5.41, 5.74) is 0.428. The Balaban J connectivity index is 2.09. The molecule has 1 atom stereocenters. The van der Waals surface area contributed by atoms with Crippen LogP contribution in [0.15, 0.2) is 36.5 Å². The topological polar surface area (TPSA) is 140 Å². The normalized spacial score (nSPS) is 11.7. The number of carboxylic acid groups (broad SMARTS) is 1. The lowest BCUT2D eigenvalue weighted by Crippen LogP contribution is -2.48. The summed E-state index contributed by atoms with van der Waals surface area (Å²) >= 11 is 5.67. The van der Waals surface area contributed by atoms with Gasteiger partial charge in [0.25, 0.3) is 0 Å². The number of hydrogen-bond donors (Lipinski definition) is 5. The Labute approximate surface area is 154 Å². The number of rotatable bonds is 7. The molecule has 0 unspecified atom stereocenters. The SMILES string of the molecule is O=C(Cc1ccc(Cl)nc1)N[C@@H](Cc1cccc(C(=O)O)c1O)B(O)O. The smallest absolute Gasteiger partial charge is 0.475 e. The van der Waals surface area contributed by atoms with Gasteiger partial charge in [0.05, 0.1) is 12.4 Å². The Morgan fingerprint density at radius 3 is 2.54 bits per heavy atom. The molecule has 0 spiro atoms. The third-order valence-electron chi connectivity index (χ3n) is 3.65. The van der Waals surface area contributed by atoms with Gasteiger partial charge in [-0.3, -0.25) is 4.79 Å². The van der Waals surface area contributed by atoms with Crippen molar-refractivity contribution in [1.82, 2.24) is 10.3 Å². The zero-order valence-corrected chi connectivity index (χ0v) is 14.2. The lowest BCUT2D eigenvalue weighted by molar-refractivity contribution is -0.120. The van der Waals surface area contributed by atoms with Crippen LogP contribution in [0.1, 0.15) is 21.5 Å². The first-order valence-corrected chi connectivity index (χ1v) is 7.95. The van der Waals surface area contributed by atoms with Crippen LogP contribution in [0.25, 0.3) is 0 Å². The lowest BCUT2D eigenvalue weighted by Gasteiger charge is -2.19. The van der Waals surface area contributed by atoms with Crippen molar-refractivity contribution in [3.63, 3.8) is 0 Å². The number of carbonyl (C=O) groups is 2. The maximum absolute atomic E-state index is 12.1. The van der Waals surface area contributed by atoms with E-state index in [1.807, 2.05) is 0 Å². The van der Waals surface area contributed by atoms with Gasteiger partial charge in [-0.15, -0.1) is 0 Å². The van der Waals surface area contributed by atoms with E-state index in [0.717, 1.165) is 0 Å². The summed E-state index contributed by atoms with van der Waals surface area (Å²) in [6.45, 7) is 0. The number of aromatic carboxylic acids is 1. The third kappa shape index (κ3) is 5.19. The van der Waals surface area contributed by atoms with Crippen molar-refractivity contribution in [2.24, 2.45) is 0 Å². The van der Waals surface area contributed by atoms with E-state index in [2.05, 4.69) is 10.3 Å². The molecular weight excluding hydrogens is 362 g/mol. The molecule has 8 nitrogen and oxygen atoms in total. The van der Waals surface area contributed by atoms with Gasteiger partial charge < -0.3 is 25.6 Å².